The molecular weight excluding hydrogens is 244 g/mol. The molecule has 1 atom stereocenters. The lowest BCUT2D eigenvalue weighted by Crippen LogP contribution is -2.35. The number of morpholine rings is 1. The number of rotatable bonds is 5. The van der Waals surface area contributed by atoms with Crippen molar-refractivity contribution in [2.24, 2.45) is 0 Å². The van der Waals surface area contributed by atoms with E-state index in [-0.39, 0.29) is 0 Å². The number of nitrogens with one attached hydrogen (secondary N) is 1. The number of nitrogens with zero attached hydrogens (tertiary/aromatic N) is 1. The summed E-state index contributed by atoms with van der Waals surface area (Å²) in [4.78, 5) is 13.2. The summed E-state index contributed by atoms with van der Waals surface area (Å²) in [7, 11) is 0. The van der Waals surface area contributed by atoms with Crippen LogP contribution in [-0.2, 0) is 16.1 Å². The fourth-order valence-electron chi connectivity index (χ4n) is 2.09. The van der Waals surface area contributed by atoms with Crippen LogP contribution in [0.4, 0.5) is 5.69 Å². The van der Waals surface area contributed by atoms with Gasteiger partial charge in [0.15, 0.2) is 0 Å². The largest absolute Gasteiger partial charge is 0.480 e. The number of benzene rings is 1. The van der Waals surface area contributed by atoms with Crippen molar-refractivity contribution in [1.82, 2.24) is 4.90 Å². The van der Waals surface area contributed by atoms with Crippen LogP contribution in [0.5, 0.6) is 0 Å². The van der Waals surface area contributed by atoms with Crippen molar-refractivity contribution >= 4 is 11.7 Å². The van der Waals surface area contributed by atoms with Crippen LogP contribution in [0.15, 0.2) is 24.3 Å². The minimum absolute atomic E-state index is 0.585. The van der Waals surface area contributed by atoms with Crippen LogP contribution in [-0.4, -0.2) is 48.3 Å². The summed E-state index contributed by atoms with van der Waals surface area (Å²) < 4.78 is 5.32. The topological polar surface area (TPSA) is 61.8 Å². The fourth-order valence-corrected chi connectivity index (χ4v) is 2.09. The second-order valence-corrected chi connectivity index (χ2v) is 4.79. The zero-order valence-electron chi connectivity index (χ0n) is 11.1. The predicted molar refractivity (Wildman–Crippen MR) is 73.3 cm³/mol. The second kappa shape index (κ2) is 6.54. The molecule has 0 bridgehead atoms. The Kier molecular flexibility index (Phi) is 4.76. The molecule has 1 aliphatic heterocycles. The molecular formula is C14H20N2O3. The first-order chi connectivity index (χ1) is 9.15. The van der Waals surface area contributed by atoms with E-state index in [1.165, 1.54) is 5.56 Å². The Balaban J connectivity index is 1.96. The predicted octanol–water partition coefficient (Wildman–Crippen LogP) is 1.40. The van der Waals surface area contributed by atoms with E-state index >= 15 is 0 Å². The average Bonchev–Trinajstić information content (AvgIpc) is 2.40. The molecule has 2 N–H and O–H groups in total. The molecule has 0 spiro atoms. The Bertz CT molecular complexity index is 430. The molecule has 1 aromatic rings. The minimum Gasteiger partial charge on any atom is -0.480 e. The molecule has 104 valence electrons. The molecule has 0 amide bonds. The highest BCUT2D eigenvalue weighted by Crippen LogP contribution is 2.14. The number of anilines is 1. The van der Waals surface area contributed by atoms with Crippen LogP contribution >= 0.6 is 0 Å². The number of carboxylic acid groups (broad SMARTS) is 1. The van der Waals surface area contributed by atoms with Crippen molar-refractivity contribution in [1.29, 1.82) is 0 Å². The number of ether oxygens (including phenoxy) is 1. The summed E-state index contributed by atoms with van der Waals surface area (Å²) in [5, 5.41) is 11.9. The van der Waals surface area contributed by atoms with E-state index in [9.17, 15) is 4.79 Å². The minimum atomic E-state index is -0.849. The van der Waals surface area contributed by atoms with Gasteiger partial charge in [0.25, 0.3) is 0 Å². The highest BCUT2D eigenvalue weighted by molar-refractivity contribution is 5.76. The Morgan fingerprint density at radius 1 is 1.47 bits per heavy atom. The van der Waals surface area contributed by atoms with Gasteiger partial charge in [-0.15, -0.1) is 0 Å². The zero-order chi connectivity index (χ0) is 13.7. The fraction of sp³-hybridized carbons (Fsp3) is 0.500. The van der Waals surface area contributed by atoms with Gasteiger partial charge in [0.1, 0.15) is 6.04 Å². The third-order valence-electron chi connectivity index (χ3n) is 3.19. The van der Waals surface area contributed by atoms with Gasteiger partial charge >= 0.3 is 5.97 Å². The molecule has 5 nitrogen and oxygen atoms in total. The van der Waals surface area contributed by atoms with Crippen LogP contribution in [0.3, 0.4) is 0 Å². The van der Waals surface area contributed by atoms with Gasteiger partial charge in [-0.25, -0.2) is 0 Å². The summed E-state index contributed by atoms with van der Waals surface area (Å²) in [6.07, 6.45) is 0. The maximum absolute atomic E-state index is 10.8. The highest BCUT2D eigenvalue weighted by Gasteiger charge is 2.12. The lowest BCUT2D eigenvalue weighted by molar-refractivity contribution is -0.137. The van der Waals surface area contributed by atoms with Crippen molar-refractivity contribution in [3.05, 3.63) is 29.8 Å². The maximum Gasteiger partial charge on any atom is 0.325 e. The lowest BCUT2D eigenvalue weighted by Gasteiger charge is -2.26. The molecule has 0 aromatic heterocycles. The summed E-state index contributed by atoms with van der Waals surface area (Å²) >= 11 is 0. The molecule has 1 aliphatic rings. The number of aliphatic carboxylic acids is 1. The van der Waals surface area contributed by atoms with Gasteiger partial charge in [-0.3, -0.25) is 9.69 Å². The number of hydrogen-bond acceptors (Lipinski definition) is 4. The van der Waals surface area contributed by atoms with Crippen LogP contribution in [0.1, 0.15) is 12.5 Å². The normalized spacial score (nSPS) is 17.9. The Morgan fingerprint density at radius 3 is 2.89 bits per heavy atom. The first-order valence-electron chi connectivity index (χ1n) is 6.53. The van der Waals surface area contributed by atoms with Gasteiger partial charge in [0.2, 0.25) is 0 Å². The Morgan fingerprint density at radius 2 is 2.21 bits per heavy atom. The van der Waals surface area contributed by atoms with Crippen LogP contribution in [0.25, 0.3) is 0 Å². The standard InChI is InChI=1S/C14H20N2O3/c1-11(14(17)18)15-13-4-2-3-12(9-13)10-16-5-7-19-8-6-16/h2-4,9,11,15H,5-8,10H2,1H3,(H,17,18). The van der Waals surface area contributed by atoms with E-state index in [2.05, 4.69) is 16.3 Å². The van der Waals surface area contributed by atoms with Gasteiger partial charge in [-0.2, -0.15) is 0 Å². The molecule has 0 saturated carbocycles. The summed E-state index contributed by atoms with van der Waals surface area (Å²) in [6, 6.07) is 7.33. The van der Waals surface area contributed by atoms with Crippen LogP contribution < -0.4 is 5.32 Å². The highest BCUT2D eigenvalue weighted by atomic mass is 16.5. The van der Waals surface area contributed by atoms with E-state index < -0.39 is 12.0 Å². The van der Waals surface area contributed by atoms with E-state index in [0.717, 1.165) is 38.5 Å². The van der Waals surface area contributed by atoms with E-state index in [4.69, 9.17) is 9.84 Å². The summed E-state index contributed by atoms with van der Waals surface area (Å²) in [6.45, 7) is 5.98. The Labute approximate surface area is 113 Å². The van der Waals surface area contributed by atoms with Crippen molar-refractivity contribution in [2.75, 3.05) is 31.6 Å². The summed E-state index contributed by atoms with van der Waals surface area (Å²) in [5.74, 6) is -0.849. The van der Waals surface area contributed by atoms with E-state index in [1.807, 2.05) is 18.2 Å². The average molecular weight is 264 g/mol. The van der Waals surface area contributed by atoms with Crippen molar-refractivity contribution in [3.63, 3.8) is 0 Å². The molecule has 0 radical (unpaired) electrons. The van der Waals surface area contributed by atoms with Gasteiger partial charge in [-0.1, -0.05) is 12.1 Å². The van der Waals surface area contributed by atoms with Gasteiger partial charge in [-0.05, 0) is 24.6 Å². The molecule has 2 rings (SSSR count). The monoisotopic (exact) mass is 264 g/mol. The van der Waals surface area contributed by atoms with Crippen molar-refractivity contribution < 1.29 is 14.6 Å². The van der Waals surface area contributed by atoms with Gasteiger partial charge < -0.3 is 15.2 Å². The maximum atomic E-state index is 10.8. The number of carbonyl (C=O) groups is 1. The first-order valence-corrected chi connectivity index (χ1v) is 6.53. The SMILES string of the molecule is CC(Nc1cccc(CN2CCOCC2)c1)C(=O)O. The first kappa shape index (κ1) is 13.8. The Hall–Kier alpha value is -1.59. The van der Waals surface area contributed by atoms with Gasteiger partial charge in [0.05, 0.1) is 13.2 Å². The molecule has 1 aromatic carbocycles. The number of hydrogen-bond donors (Lipinski definition) is 2. The molecule has 0 aliphatic carbocycles. The number of carboxylic acids is 1. The third kappa shape index (κ3) is 4.22. The molecule has 19 heavy (non-hydrogen) atoms. The van der Waals surface area contributed by atoms with Crippen LogP contribution in [0.2, 0.25) is 0 Å². The lowest BCUT2D eigenvalue weighted by atomic mass is 10.1. The van der Waals surface area contributed by atoms with Crippen molar-refractivity contribution in [3.8, 4) is 0 Å². The smallest absolute Gasteiger partial charge is 0.325 e. The molecule has 1 fully saturated rings. The molecule has 1 unspecified atom stereocenters. The molecule has 1 heterocycles. The van der Waals surface area contributed by atoms with Crippen molar-refractivity contribution in [2.45, 2.75) is 19.5 Å². The second-order valence-electron chi connectivity index (χ2n) is 4.79. The summed E-state index contributed by atoms with van der Waals surface area (Å²) in [5.41, 5.74) is 2.03. The van der Waals surface area contributed by atoms with Gasteiger partial charge in [0, 0.05) is 25.3 Å². The quantitative estimate of drug-likeness (QED) is 0.842. The molecule has 5 heteroatoms. The molecule has 1 saturated heterocycles. The van der Waals surface area contributed by atoms with Crippen LogP contribution in [0, 0.1) is 0 Å². The van der Waals surface area contributed by atoms with E-state index in [1.54, 1.807) is 6.92 Å². The van der Waals surface area contributed by atoms with E-state index in [0.29, 0.717) is 0 Å². The third-order valence-corrected chi connectivity index (χ3v) is 3.19. The zero-order valence-corrected chi connectivity index (χ0v) is 11.1.